The molecule has 0 bridgehead atoms. The molecule has 26 heavy (non-hydrogen) atoms. The lowest BCUT2D eigenvalue weighted by atomic mass is 9.97. The summed E-state index contributed by atoms with van der Waals surface area (Å²) >= 11 is 0. The maximum absolute atomic E-state index is 12.8. The van der Waals surface area contributed by atoms with E-state index >= 15 is 0 Å². The van der Waals surface area contributed by atoms with E-state index in [1.807, 2.05) is 32.0 Å². The van der Waals surface area contributed by atoms with Crippen molar-refractivity contribution in [3.8, 4) is 17.6 Å². The van der Waals surface area contributed by atoms with Gasteiger partial charge in [-0.15, -0.1) is 0 Å². The van der Waals surface area contributed by atoms with E-state index in [4.69, 9.17) is 14.7 Å². The average molecular weight is 372 g/mol. The van der Waals surface area contributed by atoms with Gasteiger partial charge < -0.3 is 9.47 Å². The molecule has 6 nitrogen and oxygen atoms in total. The summed E-state index contributed by atoms with van der Waals surface area (Å²) in [6, 6.07) is 12.9. The topological polar surface area (TPSA) is 88.4 Å². The zero-order chi connectivity index (χ0) is 18.7. The molecule has 0 aliphatic carbocycles. The number of nitriles is 1. The molecule has 136 valence electrons. The van der Waals surface area contributed by atoms with Crippen LogP contribution in [0.25, 0.3) is 0 Å². The highest BCUT2D eigenvalue weighted by atomic mass is 32.2. The molecule has 0 amide bonds. The van der Waals surface area contributed by atoms with Gasteiger partial charge in [0.1, 0.15) is 13.2 Å². The molecule has 0 radical (unpaired) electrons. The summed E-state index contributed by atoms with van der Waals surface area (Å²) in [6.45, 7) is 4.87. The third kappa shape index (κ3) is 3.82. The van der Waals surface area contributed by atoms with E-state index in [9.17, 15) is 8.42 Å². The van der Waals surface area contributed by atoms with Crippen molar-refractivity contribution in [2.75, 3.05) is 13.2 Å². The molecular weight excluding hydrogens is 352 g/mol. The lowest BCUT2D eigenvalue weighted by Gasteiger charge is -2.25. The maximum Gasteiger partial charge on any atom is 0.241 e. The second-order valence-electron chi connectivity index (χ2n) is 6.38. The van der Waals surface area contributed by atoms with Crippen LogP contribution in [0, 0.1) is 17.2 Å². The van der Waals surface area contributed by atoms with Gasteiger partial charge in [0.05, 0.1) is 16.5 Å². The fraction of sp³-hybridized carbons (Fsp3) is 0.316. The molecule has 1 N–H and O–H groups in total. The summed E-state index contributed by atoms with van der Waals surface area (Å²) in [5.41, 5.74) is 1.22. The predicted molar refractivity (Wildman–Crippen MR) is 96.5 cm³/mol. The molecule has 2 aromatic rings. The Morgan fingerprint density at radius 1 is 1.04 bits per heavy atom. The number of rotatable bonds is 5. The first kappa shape index (κ1) is 18.2. The number of fused-ring (bicyclic) bond motifs is 1. The molecular formula is C19H20N2O4S. The first-order valence-electron chi connectivity index (χ1n) is 8.33. The molecule has 1 heterocycles. The normalized spacial score (nSPS) is 14.7. The van der Waals surface area contributed by atoms with Gasteiger partial charge in [-0.05, 0) is 47.9 Å². The Kier molecular flexibility index (Phi) is 5.16. The van der Waals surface area contributed by atoms with Gasteiger partial charge in [-0.3, -0.25) is 0 Å². The van der Waals surface area contributed by atoms with Crippen LogP contribution in [-0.2, 0) is 10.0 Å². The number of benzene rings is 2. The minimum absolute atomic E-state index is 0.0192. The SMILES string of the molecule is CC(C)[C@@H](NS(=O)(=O)c1ccc(C#N)cc1)c1ccc2c(c1)OCCO2. The molecule has 2 aromatic carbocycles. The molecule has 7 heteroatoms. The van der Waals surface area contributed by atoms with Gasteiger partial charge in [0, 0.05) is 6.04 Å². The van der Waals surface area contributed by atoms with Crippen molar-refractivity contribution < 1.29 is 17.9 Å². The van der Waals surface area contributed by atoms with Gasteiger partial charge in [0.25, 0.3) is 0 Å². The number of nitrogens with zero attached hydrogens (tertiary/aromatic N) is 1. The quantitative estimate of drug-likeness (QED) is 0.872. The Morgan fingerprint density at radius 2 is 1.69 bits per heavy atom. The summed E-state index contributed by atoms with van der Waals surface area (Å²) in [5.74, 6) is 1.31. The largest absolute Gasteiger partial charge is 0.486 e. The van der Waals surface area contributed by atoms with Crippen molar-refractivity contribution in [3.05, 3.63) is 53.6 Å². The van der Waals surface area contributed by atoms with Gasteiger partial charge in [-0.2, -0.15) is 5.26 Å². The lowest BCUT2D eigenvalue weighted by molar-refractivity contribution is 0.171. The van der Waals surface area contributed by atoms with Crippen LogP contribution in [0.1, 0.15) is 31.0 Å². The van der Waals surface area contributed by atoms with E-state index in [2.05, 4.69) is 4.72 Å². The third-order valence-electron chi connectivity index (χ3n) is 4.17. The van der Waals surface area contributed by atoms with E-state index < -0.39 is 16.1 Å². The highest BCUT2D eigenvalue weighted by Crippen LogP contribution is 2.35. The van der Waals surface area contributed by atoms with Crippen molar-refractivity contribution in [2.24, 2.45) is 5.92 Å². The molecule has 1 aliphatic rings. The minimum Gasteiger partial charge on any atom is -0.486 e. The molecule has 0 unspecified atom stereocenters. The summed E-state index contributed by atoms with van der Waals surface area (Å²) in [4.78, 5) is 0.125. The molecule has 1 atom stereocenters. The lowest BCUT2D eigenvalue weighted by Crippen LogP contribution is -2.32. The number of sulfonamides is 1. The van der Waals surface area contributed by atoms with Crippen molar-refractivity contribution in [3.63, 3.8) is 0 Å². The fourth-order valence-corrected chi connectivity index (χ4v) is 4.16. The second-order valence-corrected chi connectivity index (χ2v) is 8.10. The Balaban J connectivity index is 1.89. The fourth-order valence-electron chi connectivity index (χ4n) is 2.79. The number of hydrogen-bond donors (Lipinski definition) is 1. The zero-order valence-corrected chi connectivity index (χ0v) is 15.4. The minimum atomic E-state index is -3.73. The van der Waals surface area contributed by atoms with Crippen molar-refractivity contribution in [2.45, 2.75) is 24.8 Å². The predicted octanol–water partition coefficient (Wildman–Crippen LogP) is 3.01. The van der Waals surface area contributed by atoms with E-state index in [0.29, 0.717) is 30.3 Å². The van der Waals surface area contributed by atoms with E-state index in [1.54, 1.807) is 6.07 Å². The van der Waals surface area contributed by atoms with Gasteiger partial charge in [0.15, 0.2) is 11.5 Å². The van der Waals surface area contributed by atoms with Crippen LogP contribution >= 0.6 is 0 Å². The maximum atomic E-state index is 12.8. The standard InChI is InChI=1S/C19H20N2O4S/c1-13(2)19(15-5-8-17-18(11-15)25-10-9-24-17)21-26(22,23)16-6-3-14(12-20)4-7-16/h3-8,11,13,19,21H,9-10H2,1-2H3/t19-/m1/s1. The van der Waals surface area contributed by atoms with E-state index in [0.717, 1.165) is 5.56 Å². The number of nitrogens with one attached hydrogen (secondary N) is 1. The number of hydrogen-bond acceptors (Lipinski definition) is 5. The molecule has 0 fully saturated rings. The Morgan fingerprint density at radius 3 is 2.31 bits per heavy atom. The number of ether oxygens (including phenoxy) is 2. The van der Waals surface area contributed by atoms with Crippen molar-refractivity contribution in [1.82, 2.24) is 4.72 Å². The van der Waals surface area contributed by atoms with Gasteiger partial charge >= 0.3 is 0 Å². The van der Waals surface area contributed by atoms with Crippen LogP contribution < -0.4 is 14.2 Å². The zero-order valence-electron chi connectivity index (χ0n) is 14.6. The molecule has 3 rings (SSSR count). The first-order valence-corrected chi connectivity index (χ1v) is 9.81. The first-order chi connectivity index (χ1) is 12.4. The average Bonchev–Trinajstić information content (AvgIpc) is 2.65. The third-order valence-corrected chi connectivity index (χ3v) is 5.62. The van der Waals surface area contributed by atoms with Crippen LogP contribution in [0.4, 0.5) is 0 Å². The molecule has 0 aromatic heterocycles. The summed E-state index contributed by atoms with van der Waals surface area (Å²) in [6.07, 6.45) is 0. The van der Waals surface area contributed by atoms with Gasteiger partial charge in [0.2, 0.25) is 10.0 Å². The van der Waals surface area contributed by atoms with Crippen LogP contribution in [0.5, 0.6) is 11.5 Å². The van der Waals surface area contributed by atoms with Crippen LogP contribution in [-0.4, -0.2) is 21.6 Å². The highest BCUT2D eigenvalue weighted by Gasteiger charge is 2.25. The van der Waals surface area contributed by atoms with Crippen LogP contribution in [0.3, 0.4) is 0 Å². The Labute approximate surface area is 153 Å². The summed E-state index contributed by atoms with van der Waals surface area (Å²) < 4.78 is 39.4. The van der Waals surface area contributed by atoms with Crippen molar-refractivity contribution in [1.29, 1.82) is 5.26 Å². The monoisotopic (exact) mass is 372 g/mol. The van der Waals surface area contributed by atoms with Gasteiger partial charge in [-0.1, -0.05) is 19.9 Å². The molecule has 0 spiro atoms. The van der Waals surface area contributed by atoms with E-state index in [1.165, 1.54) is 24.3 Å². The summed E-state index contributed by atoms with van der Waals surface area (Å²) in [7, 11) is -3.73. The highest BCUT2D eigenvalue weighted by molar-refractivity contribution is 7.89. The summed E-state index contributed by atoms with van der Waals surface area (Å²) in [5, 5.41) is 8.86. The second kappa shape index (κ2) is 7.36. The molecule has 1 aliphatic heterocycles. The van der Waals surface area contributed by atoms with E-state index in [-0.39, 0.29) is 10.8 Å². The Hall–Kier alpha value is -2.56. The van der Waals surface area contributed by atoms with Gasteiger partial charge in [-0.25, -0.2) is 13.1 Å². The van der Waals surface area contributed by atoms with Crippen LogP contribution in [0.15, 0.2) is 47.4 Å². The van der Waals surface area contributed by atoms with Crippen molar-refractivity contribution >= 4 is 10.0 Å². The molecule has 0 saturated heterocycles. The Bertz CT molecular complexity index is 931. The van der Waals surface area contributed by atoms with Crippen LogP contribution in [0.2, 0.25) is 0 Å². The molecule has 0 saturated carbocycles. The smallest absolute Gasteiger partial charge is 0.241 e.